The predicted octanol–water partition coefficient (Wildman–Crippen LogP) is 2.87. The first kappa shape index (κ1) is 26.0. The first-order valence-electron chi connectivity index (χ1n) is 9.87. The molecule has 0 aliphatic rings. The Hall–Kier alpha value is -0.200. The van der Waals surface area contributed by atoms with Gasteiger partial charge in [0.1, 0.15) is 0 Å². The molecule has 1 unspecified atom stereocenters. The van der Waals surface area contributed by atoms with Crippen molar-refractivity contribution in [1.82, 2.24) is 5.32 Å². The maximum absolute atomic E-state index is 8.99. The van der Waals surface area contributed by atoms with E-state index in [1.54, 1.807) is 6.92 Å². The largest absolute Gasteiger partial charge is 0.395 e. The molecule has 0 heterocycles. The van der Waals surface area contributed by atoms with Gasteiger partial charge in [-0.2, -0.15) is 0 Å². The normalized spacial score (nSPS) is 11.9. The van der Waals surface area contributed by atoms with Gasteiger partial charge in [-0.15, -0.1) is 0 Å². The fourth-order valence-electron chi connectivity index (χ4n) is 2.23. The van der Waals surface area contributed by atoms with Crippen molar-refractivity contribution in [1.29, 1.82) is 0 Å². The molecule has 0 radical (unpaired) electrons. The lowest BCUT2D eigenvalue weighted by Crippen LogP contribution is -2.21. The van der Waals surface area contributed by atoms with Crippen LogP contribution in [0, 0.1) is 0 Å². The van der Waals surface area contributed by atoms with Gasteiger partial charge in [0.2, 0.25) is 0 Å². The molecule has 0 aromatic carbocycles. The van der Waals surface area contributed by atoms with Gasteiger partial charge in [0, 0.05) is 19.7 Å². The van der Waals surface area contributed by atoms with Crippen molar-refractivity contribution >= 4 is 0 Å². The number of aliphatic hydroxyl groups excluding tert-OH is 3. The van der Waals surface area contributed by atoms with E-state index in [0.29, 0.717) is 19.7 Å². The number of aliphatic hydroxyl groups is 3. The molecule has 0 aliphatic heterocycles. The number of hydrogen-bond donors (Lipinski definition) is 4. The molecule has 0 spiro atoms. The van der Waals surface area contributed by atoms with Crippen molar-refractivity contribution in [2.75, 3.05) is 39.5 Å². The van der Waals surface area contributed by atoms with E-state index in [-0.39, 0.29) is 19.3 Å². The van der Waals surface area contributed by atoms with Crippen molar-refractivity contribution in [2.24, 2.45) is 0 Å². The summed E-state index contributed by atoms with van der Waals surface area (Å²) in [4.78, 5) is 0. The SMILES string of the molecule is CCCCCCCCCCCCOCC(C)O.OCCNCCO. The highest BCUT2D eigenvalue weighted by atomic mass is 16.5. The van der Waals surface area contributed by atoms with Gasteiger partial charge in [0.15, 0.2) is 0 Å². The minimum Gasteiger partial charge on any atom is -0.395 e. The van der Waals surface area contributed by atoms with Gasteiger partial charge in [0.25, 0.3) is 0 Å². The van der Waals surface area contributed by atoms with Crippen molar-refractivity contribution in [3.05, 3.63) is 0 Å². The van der Waals surface area contributed by atoms with Gasteiger partial charge in [-0.3, -0.25) is 0 Å². The predicted molar refractivity (Wildman–Crippen MR) is 101 cm³/mol. The van der Waals surface area contributed by atoms with Gasteiger partial charge in [-0.05, 0) is 13.3 Å². The van der Waals surface area contributed by atoms with Crippen LogP contribution in [0.3, 0.4) is 0 Å². The van der Waals surface area contributed by atoms with Gasteiger partial charge in [-0.25, -0.2) is 0 Å². The van der Waals surface area contributed by atoms with E-state index < -0.39 is 0 Å². The molecule has 4 N–H and O–H groups in total. The zero-order valence-electron chi connectivity index (χ0n) is 16.1. The monoisotopic (exact) mass is 349 g/mol. The summed E-state index contributed by atoms with van der Waals surface area (Å²) in [5.74, 6) is 0. The van der Waals surface area contributed by atoms with Gasteiger partial charge >= 0.3 is 0 Å². The van der Waals surface area contributed by atoms with Crippen LogP contribution in [-0.4, -0.2) is 60.9 Å². The smallest absolute Gasteiger partial charge is 0.0745 e. The maximum Gasteiger partial charge on any atom is 0.0745 e. The van der Waals surface area contributed by atoms with Crippen LogP contribution in [0.25, 0.3) is 0 Å². The Kier molecular flexibility index (Phi) is 27.2. The van der Waals surface area contributed by atoms with E-state index in [0.717, 1.165) is 13.0 Å². The number of rotatable bonds is 17. The summed E-state index contributed by atoms with van der Waals surface area (Å²) in [6.45, 7) is 6.73. The minimum absolute atomic E-state index is 0.139. The molecule has 5 nitrogen and oxygen atoms in total. The molecule has 0 amide bonds. The first-order chi connectivity index (χ1) is 11.7. The van der Waals surface area contributed by atoms with E-state index in [1.165, 1.54) is 57.8 Å². The third-order valence-corrected chi connectivity index (χ3v) is 3.58. The molecular formula is C19H43NO4. The lowest BCUT2D eigenvalue weighted by atomic mass is 10.1. The third-order valence-electron chi connectivity index (χ3n) is 3.58. The highest BCUT2D eigenvalue weighted by Gasteiger charge is 1.95. The van der Waals surface area contributed by atoms with Crippen LogP contribution in [0.2, 0.25) is 0 Å². The van der Waals surface area contributed by atoms with Gasteiger partial charge in [0.05, 0.1) is 25.9 Å². The Morgan fingerprint density at radius 2 is 1.25 bits per heavy atom. The molecule has 0 bridgehead atoms. The quantitative estimate of drug-likeness (QED) is 0.304. The molecule has 0 aromatic rings. The van der Waals surface area contributed by atoms with Crippen LogP contribution < -0.4 is 5.32 Å². The summed E-state index contributed by atoms with van der Waals surface area (Å²) in [6, 6.07) is 0. The average molecular weight is 350 g/mol. The number of hydrogen-bond acceptors (Lipinski definition) is 5. The molecule has 0 aliphatic carbocycles. The van der Waals surface area contributed by atoms with Crippen molar-refractivity contribution in [3.8, 4) is 0 Å². The van der Waals surface area contributed by atoms with E-state index in [9.17, 15) is 0 Å². The molecule has 5 heteroatoms. The highest BCUT2D eigenvalue weighted by Crippen LogP contribution is 2.10. The van der Waals surface area contributed by atoms with Crippen LogP contribution in [-0.2, 0) is 4.74 Å². The molecule has 0 saturated heterocycles. The van der Waals surface area contributed by atoms with Crippen molar-refractivity contribution in [2.45, 2.75) is 84.2 Å². The number of ether oxygens (including phenoxy) is 1. The maximum atomic E-state index is 8.99. The number of unbranched alkanes of at least 4 members (excludes halogenated alkanes) is 9. The zero-order valence-corrected chi connectivity index (χ0v) is 16.1. The topological polar surface area (TPSA) is 82.0 Å². The summed E-state index contributed by atoms with van der Waals surface area (Å²) >= 11 is 0. The summed E-state index contributed by atoms with van der Waals surface area (Å²) in [5, 5.41) is 28.1. The molecular weight excluding hydrogens is 306 g/mol. The Labute approximate surface area is 149 Å². The van der Waals surface area contributed by atoms with E-state index in [4.69, 9.17) is 20.1 Å². The molecule has 0 saturated carbocycles. The van der Waals surface area contributed by atoms with Gasteiger partial charge in [-0.1, -0.05) is 64.7 Å². The van der Waals surface area contributed by atoms with E-state index in [1.807, 2.05) is 0 Å². The molecule has 0 fully saturated rings. The van der Waals surface area contributed by atoms with E-state index in [2.05, 4.69) is 12.2 Å². The van der Waals surface area contributed by atoms with Crippen molar-refractivity contribution < 1.29 is 20.1 Å². The van der Waals surface area contributed by atoms with Crippen molar-refractivity contribution in [3.63, 3.8) is 0 Å². The molecule has 0 aromatic heterocycles. The second-order valence-electron chi connectivity index (χ2n) is 6.30. The average Bonchev–Trinajstić information content (AvgIpc) is 2.57. The lowest BCUT2D eigenvalue weighted by molar-refractivity contribution is 0.0445. The van der Waals surface area contributed by atoms with E-state index >= 15 is 0 Å². The lowest BCUT2D eigenvalue weighted by Gasteiger charge is -2.06. The standard InChI is InChI=1S/C15H32O2.C4H11NO2/c1-3-4-5-6-7-8-9-10-11-12-13-17-14-15(2)16;6-3-1-5-2-4-7/h15-16H,3-14H2,1-2H3;5-7H,1-4H2. The Morgan fingerprint density at radius 1 is 0.792 bits per heavy atom. The van der Waals surface area contributed by atoms with Crippen LogP contribution in [0.5, 0.6) is 0 Å². The van der Waals surface area contributed by atoms with Gasteiger partial charge < -0.3 is 25.4 Å². The summed E-state index contributed by atoms with van der Waals surface area (Å²) < 4.78 is 5.32. The van der Waals surface area contributed by atoms with Crippen LogP contribution in [0.4, 0.5) is 0 Å². The number of nitrogens with one attached hydrogen (secondary N) is 1. The van der Waals surface area contributed by atoms with Crippen LogP contribution >= 0.6 is 0 Å². The zero-order chi connectivity index (χ0) is 18.3. The highest BCUT2D eigenvalue weighted by molar-refractivity contribution is 4.48. The molecule has 148 valence electrons. The fraction of sp³-hybridized carbons (Fsp3) is 1.00. The molecule has 0 rings (SSSR count). The Morgan fingerprint density at radius 3 is 1.67 bits per heavy atom. The Bertz CT molecular complexity index is 200. The first-order valence-corrected chi connectivity index (χ1v) is 9.87. The second kappa shape index (κ2) is 25.0. The van der Waals surface area contributed by atoms with Crippen LogP contribution in [0.15, 0.2) is 0 Å². The minimum atomic E-state index is -0.321. The molecule has 1 atom stereocenters. The Balaban J connectivity index is 0. The second-order valence-corrected chi connectivity index (χ2v) is 6.30. The fourth-order valence-corrected chi connectivity index (χ4v) is 2.23. The van der Waals surface area contributed by atoms with Crippen LogP contribution in [0.1, 0.15) is 78.1 Å². The summed E-state index contributed by atoms with van der Waals surface area (Å²) in [5.41, 5.74) is 0. The third kappa shape index (κ3) is 29.8. The molecule has 24 heavy (non-hydrogen) atoms. The summed E-state index contributed by atoms with van der Waals surface area (Å²) in [7, 11) is 0. The summed E-state index contributed by atoms with van der Waals surface area (Å²) in [6.07, 6.45) is 13.2.